The van der Waals surface area contributed by atoms with Gasteiger partial charge in [0.2, 0.25) is 0 Å². The van der Waals surface area contributed by atoms with Crippen molar-refractivity contribution in [3.8, 4) is 11.5 Å². The van der Waals surface area contributed by atoms with E-state index in [0.717, 1.165) is 10.8 Å². The molecule has 4 aliphatic heterocycles. The number of esters is 2. The number of nitrogens with one attached hydrogen (secondary N) is 2. The monoisotopic (exact) mass is 1670 g/mol. The number of anilines is 2. The van der Waals surface area contributed by atoms with Gasteiger partial charge in [0.15, 0.2) is 21.3 Å². The van der Waals surface area contributed by atoms with E-state index in [-0.39, 0.29) is 132 Å². The second-order valence-electron chi connectivity index (χ2n) is 27.2. The third kappa shape index (κ3) is 20.2. The Morgan fingerprint density at radius 1 is 0.752 bits per heavy atom. The number of hydrogen-bond acceptors (Lipinski definition) is 30. The number of hydroxylamine groups is 1. The van der Waals surface area contributed by atoms with Gasteiger partial charge in [0.25, 0.3) is 20.2 Å². The minimum atomic E-state index is -5.98. The number of rotatable bonds is 36. The maximum atomic E-state index is 13.8. The second kappa shape index (κ2) is 35.0. The minimum absolute atomic E-state index is 0.0236. The molecular weight excluding hydrogens is 1590 g/mol. The fourth-order valence-corrected chi connectivity index (χ4v) is 17.4. The summed E-state index contributed by atoms with van der Waals surface area (Å²) in [5.41, 5.74) is 27.4. The van der Waals surface area contributed by atoms with Gasteiger partial charge in [-0.25, -0.2) is 32.9 Å². The Kier molecular flexibility index (Phi) is 26.8. The van der Waals surface area contributed by atoms with Crippen molar-refractivity contribution in [2.75, 3.05) is 70.5 Å². The Morgan fingerprint density at radius 2 is 1.37 bits per heavy atom. The molecule has 0 saturated carbocycles. The Bertz CT molecular complexity index is 5410. The van der Waals surface area contributed by atoms with E-state index in [1.807, 2.05) is 34.6 Å². The standard InChI is InChI=1S/C67H79N12O29P3S2/c1-35(75-77-69)43-11-9-10-12-44(43)64(82)104-51-30-53(103-52(51)34-102-110(87,88)108-111(89,90)107-109(84,85)86)79-31-42(61(68)74-65(79)83)33-101-63(81)45-18-13-39(27-46(45)36(2)76-78-70)32-100-26-25-99-24-23-98-22-21-97-20-19-71-106-62(80)41-16-14-40(15-17-41)54-47-28-49-55(72-37(3)66(49,5)6)59(112(91,92)93)57(47)105-58-48(54)29-50-56(60(58)113(94,95)96)73-38(4)67(50,7)8/h9-18,27-29,31,35-38,51-53,71-72H,19-26,30,32-34H2,1-8H3,(H,87,88)(H,89,90)(H2,68,74,83)(H2,84,85,86)(H,91,92,93)(H,94,95,96)/t35?,36?,37?,38?,51?,52-,53-/m1/s1. The molecule has 10 rings (SSSR count). The zero-order valence-electron chi connectivity index (χ0n) is 61.4. The molecule has 5 aromatic carbocycles. The number of carbonyl (C=O) groups excluding carboxylic acids is 3. The molecule has 0 radical (unpaired) electrons. The average Bonchev–Trinajstić information content (AvgIpc) is 1.63. The molecule has 0 amide bonds. The van der Waals surface area contributed by atoms with Crippen LogP contribution in [-0.2, 0) is 109 Å². The Balaban J connectivity index is 0.677. The van der Waals surface area contributed by atoms with Crippen LogP contribution in [0.2, 0.25) is 0 Å². The molecule has 5 heterocycles. The first-order chi connectivity index (χ1) is 53.0. The normalized spacial score (nSPS) is 19.5. The first-order valence-electron chi connectivity index (χ1n) is 34.3. The van der Waals surface area contributed by atoms with Crippen LogP contribution in [0.25, 0.3) is 26.5 Å². The van der Waals surface area contributed by atoms with Gasteiger partial charge in [-0.15, -0.1) is 0 Å². The number of nitrogens with zero attached hydrogens (tertiary/aromatic N) is 9. The van der Waals surface area contributed by atoms with Crippen molar-refractivity contribution in [1.82, 2.24) is 15.0 Å². The van der Waals surface area contributed by atoms with E-state index in [2.05, 4.69) is 49.4 Å². The fraction of sp³-hybridized carbons (Fsp3) is 0.433. The summed E-state index contributed by atoms with van der Waals surface area (Å²) in [6, 6.07) is 17.2. The molecule has 1 aromatic heterocycles. The fourth-order valence-electron chi connectivity index (χ4n) is 12.7. The lowest BCUT2D eigenvalue weighted by Crippen LogP contribution is -2.33. The Labute approximate surface area is 643 Å². The number of fused-ring (bicyclic) bond motifs is 4. The van der Waals surface area contributed by atoms with Crippen LogP contribution in [0.5, 0.6) is 11.5 Å². The van der Waals surface area contributed by atoms with Crippen molar-refractivity contribution in [2.45, 2.75) is 138 Å². The maximum Gasteiger partial charge on any atom is 0.490 e. The van der Waals surface area contributed by atoms with Crippen LogP contribution < -0.4 is 37.5 Å². The second-order valence-corrected chi connectivity index (χ2v) is 34.3. The van der Waals surface area contributed by atoms with Crippen LogP contribution in [0.3, 0.4) is 0 Å². The highest BCUT2D eigenvalue weighted by Crippen LogP contribution is 2.66. The quantitative estimate of drug-likeness (QED) is 0.00207. The largest absolute Gasteiger partial charge is 0.490 e. The van der Waals surface area contributed by atoms with Crippen molar-refractivity contribution in [2.24, 2.45) is 15.2 Å². The third-order valence-electron chi connectivity index (χ3n) is 19.1. The minimum Gasteiger partial charge on any atom is -0.457 e. The molecule has 46 heteroatoms. The van der Waals surface area contributed by atoms with Gasteiger partial charge in [-0.2, -0.15) is 35.9 Å². The van der Waals surface area contributed by atoms with Crippen molar-refractivity contribution in [3.05, 3.63) is 188 Å². The number of carbonyl (C=O) groups is 3. The summed E-state index contributed by atoms with van der Waals surface area (Å²) in [7, 11) is -27.7. The van der Waals surface area contributed by atoms with E-state index in [1.54, 1.807) is 49.4 Å². The van der Waals surface area contributed by atoms with E-state index in [9.17, 15) is 74.1 Å². The van der Waals surface area contributed by atoms with Gasteiger partial charge in [0, 0.05) is 61.2 Å². The van der Waals surface area contributed by atoms with Gasteiger partial charge in [-0.05, 0) is 94.7 Å². The highest BCUT2D eigenvalue weighted by atomic mass is 32.2. The van der Waals surface area contributed by atoms with Crippen LogP contribution in [-0.4, -0.2) is 157 Å². The van der Waals surface area contributed by atoms with Crippen molar-refractivity contribution in [1.29, 1.82) is 0 Å². The van der Waals surface area contributed by atoms with E-state index in [1.165, 1.54) is 50.2 Å². The van der Waals surface area contributed by atoms with E-state index in [0.29, 0.717) is 22.3 Å². The smallest absolute Gasteiger partial charge is 0.457 e. The number of ether oxygens (including phenoxy) is 8. The van der Waals surface area contributed by atoms with Crippen molar-refractivity contribution >= 4 is 78.7 Å². The zero-order valence-corrected chi connectivity index (χ0v) is 65.8. The molecule has 6 aromatic rings. The van der Waals surface area contributed by atoms with Gasteiger partial charge in [0.05, 0.1) is 112 Å². The van der Waals surface area contributed by atoms with Gasteiger partial charge >= 0.3 is 47.1 Å². The SMILES string of the molecule is CC(N=[N+]=[N-])c1cc(COCCOCCOCCOCCNOC(=O)c2ccc(C3=c4cc5c(c(S(=O)(=O)O)c4Oc4c3cc3c(c4S(=O)(=O)O)NC(C)C3(C)C)=NC(C)C5(C)C)cc2)ccc1C(=O)OCc1cn([C@H]2CC(OC(=O)c3ccccc3C(C)N=[N+]=[N-])[C@@H](COP(=O)(O)OP(=O)(O)OP(=O)(O)O)O2)c(=O)nc1N. The molecule has 608 valence electrons. The maximum absolute atomic E-state index is 13.8. The molecule has 0 aliphatic carbocycles. The molecular formula is C67H79N12O29P3S2. The van der Waals surface area contributed by atoms with E-state index in [4.69, 9.17) is 68.3 Å². The predicted molar refractivity (Wildman–Crippen MR) is 393 cm³/mol. The summed E-state index contributed by atoms with van der Waals surface area (Å²) in [6.07, 6.45) is -4.01. The van der Waals surface area contributed by atoms with Crippen LogP contribution in [0, 0.1) is 0 Å². The molecule has 113 heavy (non-hydrogen) atoms. The molecule has 0 spiro atoms. The van der Waals surface area contributed by atoms with Crippen LogP contribution >= 0.6 is 23.5 Å². The van der Waals surface area contributed by atoms with Crippen LogP contribution in [0.4, 0.5) is 11.5 Å². The lowest BCUT2D eigenvalue weighted by atomic mass is 9.78. The lowest BCUT2D eigenvalue weighted by Gasteiger charge is -2.29. The Morgan fingerprint density at radius 3 is 2.01 bits per heavy atom. The molecule has 4 aliphatic rings. The highest BCUT2D eigenvalue weighted by molar-refractivity contribution is 7.86. The summed E-state index contributed by atoms with van der Waals surface area (Å²) in [6.45, 7) is 13.7. The van der Waals surface area contributed by atoms with Gasteiger partial charge in [-0.3, -0.25) is 23.2 Å². The summed E-state index contributed by atoms with van der Waals surface area (Å²) >= 11 is 0. The van der Waals surface area contributed by atoms with Gasteiger partial charge < -0.3 is 73.4 Å². The Hall–Kier alpha value is -8.93. The number of nitrogen functional groups attached to an aromatic ring is 1. The molecule has 10 N–H and O–H groups in total. The summed E-state index contributed by atoms with van der Waals surface area (Å²) in [5.74, 6) is -3.98. The number of nitrogens with two attached hydrogens (primary N) is 1. The van der Waals surface area contributed by atoms with Gasteiger partial charge in [0.1, 0.15) is 30.9 Å². The number of azide groups is 2. The number of phosphoric ester groups is 1. The molecule has 1 saturated heterocycles. The molecule has 0 bridgehead atoms. The average molecular weight is 1670 g/mol. The number of phosphoric acid groups is 3. The zero-order chi connectivity index (χ0) is 82.5. The topological polar surface area (TPSA) is 598 Å². The first-order valence-corrected chi connectivity index (χ1v) is 41.7. The number of benzene rings is 5. The van der Waals surface area contributed by atoms with Gasteiger partial charge in [-0.1, -0.05) is 94.2 Å². The van der Waals surface area contributed by atoms with E-state index >= 15 is 0 Å². The summed E-state index contributed by atoms with van der Waals surface area (Å²) in [5, 5.41) is 10.6. The number of aromatic nitrogens is 2. The molecule has 9 atom stereocenters. The van der Waals surface area contributed by atoms with E-state index < -0.39 is 156 Å². The third-order valence-corrected chi connectivity index (χ3v) is 24.7. The predicted octanol–water partition coefficient (Wildman–Crippen LogP) is 7.95. The molecule has 7 unspecified atom stereocenters. The highest BCUT2D eigenvalue weighted by Gasteiger charge is 2.48. The summed E-state index contributed by atoms with van der Waals surface area (Å²) in [4.78, 5) is 110. The van der Waals surface area contributed by atoms with Crippen molar-refractivity contribution < 1.29 is 129 Å². The van der Waals surface area contributed by atoms with Crippen LogP contribution in [0.1, 0.15) is 156 Å². The van der Waals surface area contributed by atoms with Crippen molar-refractivity contribution in [3.63, 3.8) is 0 Å². The number of hydrogen-bond donors (Lipinski definition) is 9. The molecule has 41 nitrogen and oxygen atoms in total. The van der Waals surface area contributed by atoms with Crippen LogP contribution in [0.15, 0.2) is 115 Å². The first kappa shape index (κ1) is 86.5. The molecule has 1 fully saturated rings. The summed E-state index contributed by atoms with van der Waals surface area (Å²) < 4.78 is 171. The lowest BCUT2D eigenvalue weighted by molar-refractivity contribution is -0.0512.